The van der Waals surface area contributed by atoms with E-state index in [2.05, 4.69) is 12.1 Å². The molecule has 0 atom stereocenters. The Bertz CT molecular complexity index is 1180. The van der Waals surface area contributed by atoms with Crippen molar-refractivity contribution in [1.29, 1.82) is 0 Å². The summed E-state index contributed by atoms with van der Waals surface area (Å²) >= 11 is 0. The van der Waals surface area contributed by atoms with Crippen LogP contribution in [-0.4, -0.2) is 25.3 Å². The van der Waals surface area contributed by atoms with E-state index < -0.39 is 11.4 Å². The Kier molecular flexibility index (Phi) is 5.95. The van der Waals surface area contributed by atoms with Gasteiger partial charge in [-0.3, -0.25) is 0 Å². The van der Waals surface area contributed by atoms with E-state index in [9.17, 15) is 9.90 Å². The van der Waals surface area contributed by atoms with Crippen molar-refractivity contribution in [2.24, 2.45) is 0 Å². The van der Waals surface area contributed by atoms with Crippen molar-refractivity contribution in [3.63, 3.8) is 0 Å². The lowest BCUT2D eigenvalue weighted by Gasteiger charge is -2.37. The Balaban J connectivity index is 2.16. The normalized spacial score (nSPS) is 11.1. The summed E-state index contributed by atoms with van der Waals surface area (Å²) in [7, 11) is 3.28. The molecule has 0 spiro atoms. The Morgan fingerprint density at radius 3 is 1.59 bits per heavy atom. The summed E-state index contributed by atoms with van der Waals surface area (Å²) in [5, 5.41) is 9.71. The Morgan fingerprint density at radius 2 is 1.09 bits per heavy atom. The van der Waals surface area contributed by atoms with Gasteiger partial charge in [-0.15, -0.1) is 0 Å². The lowest BCUT2D eigenvalue weighted by molar-refractivity contribution is 0.0696. The van der Waals surface area contributed by atoms with Gasteiger partial charge in [0.15, 0.2) is 0 Å². The molecule has 0 saturated heterocycles. The predicted octanol–water partition coefficient (Wildman–Crippen LogP) is 5.78. The van der Waals surface area contributed by atoms with Crippen LogP contribution in [0.15, 0.2) is 103 Å². The van der Waals surface area contributed by atoms with Crippen LogP contribution in [0.3, 0.4) is 0 Å². The molecule has 0 heterocycles. The van der Waals surface area contributed by atoms with E-state index in [1.54, 1.807) is 32.4 Å². The van der Waals surface area contributed by atoms with E-state index in [-0.39, 0.29) is 5.56 Å². The van der Waals surface area contributed by atoms with Crippen LogP contribution in [0, 0.1) is 0 Å². The van der Waals surface area contributed by atoms with Crippen molar-refractivity contribution in [3.8, 4) is 11.5 Å². The van der Waals surface area contributed by atoms with Gasteiger partial charge in [0.25, 0.3) is 0 Å². The molecule has 4 aromatic rings. The number of ether oxygens (including phenoxy) is 2. The van der Waals surface area contributed by atoms with Crippen LogP contribution in [-0.2, 0) is 5.41 Å². The average Bonchev–Trinajstić information content (AvgIpc) is 2.86. The molecule has 0 saturated carbocycles. The van der Waals surface area contributed by atoms with Gasteiger partial charge in [0.1, 0.15) is 11.5 Å². The van der Waals surface area contributed by atoms with Gasteiger partial charge in [-0.05, 0) is 58.7 Å². The summed E-state index contributed by atoms with van der Waals surface area (Å²) in [6.07, 6.45) is 0. The van der Waals surface area contributed by atoms with Crippen LogP contribution in [0.4, 0.5) is 0 Å². The molecule has 4 nitrogen and oxygen atoms in total. The van der Waals surface area contributed by atoms with Crippen molar-refractivity contribution >= 4 is 5.97 Å². The summed E-state index contributed by atoms with van der Waals surface area (Å²) in [6.45, 7) is 0. The van der Waals surface area contributed by atoms with Crippen molar-refractivity contribution in [2.45, 2.75) is 5.41 Å². The molecule has 4 aromatic carbocycles. The molecular weight excluding hydrogens is 400 g/mol. The molecule has 0 radical (unpaired) electrons. The highest BCUT2D eigenvalue weighted by atomic mass is 16.5. The zero-order valence-corrected chi connectivity index (χ0v) is 18.0. The molecule has 0 unspecified atom stereocenters. The molecule has 0 aliphatic rings. The minimum atomic E-state index is -0.968. The van der Waals surface area contributed by atoms with E-state index in [0.29, 0.717) is 0 Å². The highest BCUT2D eigenvalue weighted by Gasteiger charge is 2.39. The number of rotatable bonds is 7. The molecule has 32 heavy (non-hydrogen) atoms. The van der Waals surface area contributed by atoms with E-state index in [1.807, 2.05) is 72.8 Å². The van der Waals surface area contributed by atoms with Crippen LogP contribution in [0.25, 0.3) is 0 Å². The summed E-state index contributed by atoms with van der Waals surface area (Å²) in [5.74, 6) is 0.477. The monoisotopic (exact) mass is 424 g/mol. The fourth-order valence-electron chi connectivity index (χ4n) is 4.29. The number of methoxy groups -OCH3 is 2. The van der Waals surface area contributed by atoms with Crippen molar-refractivity contribution < 1.29 is 19.4 Å². The maximum atomic E-state index is 11.9. The molecule has 0 fully saturated rings. The van der Waals surface area contributed by atoms with Crippen LogP contribution < -0.4 is 9.47 Å². The van der Waals surface area contributed by atoms with E-state index in [0.717, 1.165) is 33.8 Å². The second-order valence-electron chi connectivity index (χ2n) is 7.47. The van der Waals surface area contributed by atoms with Gasteiger partial charge in [0.05, 0.1) is 25.2 Å². The zero-order chi connectivity index (χ0) is 22.6. The fourth-order valence-corrected chi connectivity index (χ4v) is 4.29. The predicted molar refractivity (Wildman–Crippen MR) is 125 cm³/mol. The van der Waals surface area contributed by atoms with Gasteiger partial charge in [0.2, 0.25) is 0 Å². The summed E-state index contributed by atoms with van der Waals surface area (Å²) in [4.78, 5) is 11.9. The smallest absolute Gasteiger partial charge is 0.335 e. The highest BCUT2D eigenvalue weighted by Crippen LogP contribution is 2.46. The first-order chi connectivity index (χ1) is 15.6. The second kappa shape index (κ2) is 8.98. The quantitative estimate of drug-likeness (QED) is 0.382. The van der Waals surface area contributed by atoms with Gasteiger partial charge in [-0.2, -0.15) is 0 Å². The molecule has 1 N–H and O–H groups in total. The lowest BCUT2D eigenvalue weighted by atomic mass is 9.65. The SMILES string of the molecule is COc1cccc(C(c2ccccc2)(c2cccc(OC)c2)c2cccc(C(=O)O)c2)c1. The largest absolute Gasteiger partial charge is 0.497 e. The third kappa shape index (κ3) is 3.71. The summed E-state index contributed by atoms with van der Waals surface area (Å²) in [6, 6.07) is 33.0. The van der Waals surface area contributed by atoms with Crippen molar-refractivity contribution in [1.82, 2.24) is 0 Å². The number of aromatic carboxylic acids is 1. The average molecular weight is 424 g/mol. The number of carboxylic acids is 1. The molecule has 0 aromatic heterocycles. The maximum absolute atomic E-state index is 11.9. The standard InChI is InChI=1S/C28H24O4/c1-31-25-15-7-13-23(18-25)28(21-10-4-3-5-11-21,24-14-8-16-26(19-24)32-2)22-12-6-9-20(17-22)27(29)30/h3-19H,1-2H3,(H,29,30). The van der Waals surface area contributed by atoms with E-state index >= 15 is 0 Å². The molecule has 0 bridgehead atoms. The molecule has 0 aliphatic carbocycles. The topological polar surface area (TPSA) is 55.8 Å². The number of hydrogen-bond acceptors (Lipinski definition) is 3. The minimum absolute atomic E-state index is 0.230. The Labute approximate surface area is 187 Å². The first kappa shape index (κ1) is 21.2. The Morgan fingerprint density at radius 1 is 0.625 bits per heavy atom. The number of hydrogen-bond donors (Lipinski definition) is 1. The highest BCUT2D eigenvalue weighted by molar-refractivity contribution is 5.88. The summed E-state index contributed by atoms with van der Waals surface area (Å²) < 4.78 is 11.1. The van der Waals surface area contributed by atoms with Crippen LogP contribution in [0.5, 0.6) is 11.5 Å². The molecule has 160 valence electrons. The molecule has 4 heteroatoms. The molecule has 0 amide bonds. The van der Waals surface area contributed by atoms with Crippen LogP contribution in [0.2, 0.25) is 0 Å². The first-order valence-electron chi connectivity index (χ1n) is 10.3. The van der Waals surface area contributed by atoms with Gasteiger partial charge < -0.3 is 14.6 Å². The van der Waals surface area contributed by atoms with E-state index in [4.69, 9.17) is 9.47 Å². The second-order valence-corrected chi connectivity index (χ2v) is 7.47. The van der Waals surface area contributed by atoms with Crippen molar-refractivity contribution in [3.05, 3.63) is 131 Å². The van der Waals surface area contributed by atoms with Gasteiger partial charge in [-0.1, -0.05) is 66.7 Å². The van der Waals surface area contributed by atoms with Gasteiger partial charge in [-0.25, -0.2) is 4.79 Å². The minimum Gasteiger partial charge on any atom is -0.497 e. The number of benzene rings is 4. The Hall–Kier alpha value is -4.05. The van der Waals surface area contributed by atoms with Gasteiger partial charge in [0, 0.05) is 0 Å². The third-order valence-corrected chi connectivity index (χ3v) is 5.75. The lowest BCUT2D eigenvalue weighted by Crippen LogP contribution is -2.31. The van der Waals surface area contributed by atoms with Crippen molar-refractivity contribution in [2.75, 3.05) is 14.2 Å². The van der Waals surface area contributed by atoms with Gasteiger partial charge >= 0.3 is 5.97 Å². The molecular formula is C28H24O4. The first-order valence-corrected chi connectivity index (χ1v) is 10.3. The summed E-state index contributed by atoms with van der Waals surface area (Å²) in [5.41, 5.74) is 3.19. The third-order valence-electron chi connectivity index (χ3n) is 5.75. The number of carboxylic acid groups (broad SMARTS) is 1. The van der Waals surface area contributed by atoms with Crippen LogP contribution in [0.1, 0.15) is 32.6 Å². The zero-order valence-electron chi connectivity index (χ0n) is 18.0. The maximum Gasteiger partial charge on any atom is 0.335 e. The molecule has 4 rings (SSSR count). The van der Waals surface area contributed by atoms with E-state index in [1.165, 1.54) is 0 Å². The van der Waals surface area contributed by atoms with Crippen LogP contribution >= 0.6 is 0 Å². The molecule has 0 aliphatic heterocycles. The number of carbonyl (C=O) groups is 1. The fraction of sp³-hybridized carbons (Fsp3) is 0.107.